The van der Waals surface area contributed by atoms with Gasteiger partial charge < -0.3 is 5.32 Å². The highest BCUT2D eigenvalue weighted by atomic mass is 79.9. The molecule has 0 radical (unpaired) electrons. The van der Waals surface area contributed by atoms with Crippen LogP contribution in [0.3, 0.4) is 0 Å². The average molecular weight is 483 g/mol. The van der Waals surface area contributed by atoms with Gasteiger partial charge in [-0.15, -0.1) is 0 Å². The summed E-state index contributed by atoms with van der Waals surface area (Å²) in [4.78, 5) is 4.99. The Morgan fingerprint density at radius 2 is 1.76 bits per heavy atom. The van der Waals surface area contributed by atoms with Gasteiger partial charge in [-0.25, -0.2) is 0 Å². The Bertz CT molecular complexity index is 855. The Balaban J connectivity index is 1.79. The van der Waals surface area contributed by atoms with Gasteiger partial charge in [-0.2, -0.15) is 0 Å². The molecule has 1 spiro atoms. The molecule has 25 heavy (non-hydrogen) atoms. The minimum atomic E-state index is 0.0629. The predicted molar refractivity (Wildman–Crippen MR) is 108 cm³/mol. The molecule has 1 aromatic carbocycles. The highest BCUT2D eigenvalue weighted by Gasteiger charge is 2.68. The van der Waals surface area contributed by atoms with E-state index in [-0.39, 0.29) is 5.41 Å². The van der Waals surface area contributed by atoms with E-state index >= 15 is 0 Å². The Morgan fingerprint density at radius 1 is 1.04 bits per heavy atom. The van der Waals surface area contributed by atoms with Gasteiger partial charge in [-0.05, 0) is 101 Å². The molecule has 1 aromatic heterocycles. The zero-order valence-corrected chi connectivity index (χ0v) is 17.7. The van der Waals surface area contributed by atoms with Crippen LogP contribution in [0, 0.1) is 11.8 Å². The number of pyridine rings is 1. The summed E-state index contributed by atoms with van der Waals surface area (Å²) in [5.41, 5.74) is 5.63. The third-order valence-electron chi connectivity index (χ3n) is 6.35. The molecule has 2 aromatic rings. The molecule has 2 aliphatic carbocycles. The summed E-state index contributed by atoms with van der Waals surface area (Å²) in [5.74, 6) is 1.34. The molecular formula is C20H19Br2ClN2. The zero-order valence-electron chi connectivity index (χ0n) is 13.8. The molecule has 1 N–H and O–H groups in total. The monoisotopic (exact) mass is 480 g/mol. The van der Waals surface area contributed by atoms with Crippen molar-refractivity contribution in [2.24, 2.45) is 11.8 Å². The normalized spacial score (nSPS) is 30.0. The number of hydrogen-bond acceptors (Lipinski definition) is 2. The van der Waals surface area contributed by atoms with Crippen LogP contribution < -0.4 is 5.32 Å². The van der Waals surface area contributed by atoms with Crippen molar-refractivity contribution >= 4 is 43.5 Å². The minimum absolute atomic E-state index is 0.0629. The van der Waals surface area contributed by atoms with Gasteiger partial charge in [-0.3, -0.25) is 4.98 Å². The quantitative estimate of drug-likeness (QED) is 0.553. The standard InChI is InChI=1S/C20H19Br2ClN2/c21-13-7-12-2-1-11-8-14(23)9-17(22)18(11)20(19(12)25-10-13)15-3-5-24-6-4-16(15)20/h7-10,15-16,24H,1-6H2. The Kier molecular flexibility index (Phi) is 4.05. The lowest BCUT2D eigenvalue weighted by Gasteiger charge is -2.24. The van der Waals surface area contributed by atoms with E-state index in [9.17, 15) is 0 Å². The van der Waals surface area contributed by atoms with Crippen LogP contribution >= 0.6 is 43.5 Å². The van der Waals surface area contributed by atoms with Crippen LogP contribution in [0.15, 0.2) is 33.3 Å². The predicted octanol–water partition coefficient (Wildman–Crippen LogP) is 5.27. The van der Waals surface area contributed by atoms with Gasteiger partial charge in [0.2, 0.25) is 0 Å². The first-order valence-electron chi connectivity index (χ1n) is 8.96. The van der Waals surface area contributed by atoms with Crippen LogP contribution in [0.25, 0.3) is 0 Å². The van der Waals surface area contributed by atoms with Crippen LogP contribution in [0.1, 0.15) is 35.2 Å². The largest absolute Gasteiger partial charge is 0.317 e. The van der Waals surface area contributed by atoms with Gasteiger partial charge in [0.05, 0.1) is 5.69 Å². The Labute approximate surface area is 170 Å². The number of hydrogen-bond donors (Lipinski definition) is 1. The lowest BCUT2D eigenvalue weighted by Crippen LogP contribution is -2.24. The van der Waals surface area contributed by atoms with Crippen LogP contribution in [-0.2, 0) is 18.3 Å². The lowest BCUT2D eigenvalue weighted by atomic mass is 9.83. The van der Waals surface area contributed by atoms with Gasteiger partial charge in [0, 0.05) is 25.6 Å². The molecular weight excluding hydrogens is 463 g/mol. The number of halogens is 3. The number of aryl methyl sites for hydroxylation is 2. The van der Waals surface area contributed by atoms with Crippen molar-refractivity contribution in [3.05, 3.63) is 60.7 Å². The summed E-state index contributed by atoms with van der Waals surface area (Å²) >= 11 is 13.9. The Hall–Kier alpha value is -0.420. The smallest absolute Gasteiger partial charge is 0.0548 e. The number of aromatic nitrogens is 1. The van der Waals surface area contributed by atoms with Gasteiger partial charge in [0.25, 0.3) is 0 Å². The van der Waals surface area contributed by atoms with E-state index in [1.54, 1.807) is 0 Å². The minimum Gasteiger partial charge on any atom is -0.317 e. The summed E-state index contributed by atoms with van der Waals surface area (Å²) in [6.45, 7) is 2.21. The Morgan fingerprint density at radius 3 is 2.52 bits per heavy atom. The van der Waals surface area contributed by atoms with Crippen LogP contribution in [0.5, 0.6) is 0 Å². The van der Waals surface area contributed by atoms with E-state index in [0.29, 0.717) is 11.8 Å². The first-order valence-corrected chi connectivity index (χ1v) is 10.9. The van der Waals surface area contributed by atoms with E-state index in [0.717, 1.165) is 39.9 Å². The van der Waals surface area contributed by atoms with Crippen molar-refractivity contribution < 1.29 is 0 Å². The summed E-state index contributed by atoms with van der Waals surface area (Å²) < 4.78 is 2.24. The van der Waals surface area contributed by atoms with Crippen molar-refractivity contribution in [3.8, 4) is 0 Å². The maximum atomic E-state index is 6.40. The van der Waals surface area contributed by atoms with Crippen molar-refractivity contribution in [1.29, 1.82) is 0 Å². The number of nitrogens with one attached hydrogen (secondary N) is 1. The molecule has 3 aliphatic rings. The van der Waals surface area contributed by atoms with Gasteiger partial charge in [0.1, 0.15) is 0 Å². The third kappa shape index (κ3) is 2.40. The summed E-state index contributed by atoms with van der Waals surface area (Å²) in [6.07, 6.45) is 6.47. The molecule has 1 saturated carbocycles. The molecule has 2 nitrogen and oxygen atoms in total. The molecule has 0 bridgehead atoms. The van der Waals surface area contributed by atoms with E-state index < -0.39 is 0 Å². The number of nitrogens with zero attached hydrogens (tertiary/aromatic N) is 1. The molecule has 1 saturated heterocycles. The van der Waals surface area contributed by atoms with Gasteiger partial charge in [-0.1, -0.05) is 27.5 Å². The second kappa shape index (κ2) is 6.05. The lowest BCUT2D eigenvalue weighted by molar-refractivity contribution is 0.559. The fourth-order valence-corrected chi connectivity index (χ4v) is 7.06. The summed E-state index contributed by atoms with van der Waals surface area (Å²) in [7, 11) is 0. The summed E-state index contributed by atoms with van der Waals surface area (Å²) in [6, 6.07) is 6.53. The molecule has 1 aliphatic heterocycles. The zero-order chi connectivity index (χ0) is 17.2. The molecule has 2 atom stereocenters. The van der Waals surface area contributed by atoms with Crippen molar-refractivity contribution in [2.45, 2.75) is 31.1 Å². The second-order valence-electron chi connectivity index (χ2n) is 7.49. The molecule has 2 heterocycles. The van der Waals surface area contributed by atoms with Crippen LogP contribution in [0.4, 0.5) is 0 Å². The number of fused-ring (bicyclic) bond motifs is 7. The highest BCUT2D eigenvalue weighted by Crippen LogP contribution is 2.69. The van der Waals surface area contributed by atoms with E-state index in [1.807, 2.05) is 6.20 Å². The van der Waals surface area contributed by atoms with Gasteiger partial charge in [0.15, 0.2) is 0 Å². The topological polar surface area (TPSA) is 24.9 Å². The molecule has 5 rings (SSSR count). The maximum absolute atomic E-state index is 6.40. The first kappa shape index (κ1) is 16.7. The average Bonchev–Trinajstić information content (AvgIpc) is 3.27. The molecule has 5 heteroatoms. The van der Waals surface area contributed by atoms with Crippen molar-refractivity contribution in [1.82, 2.24) is 10.3 Å². The maximum Gasteiger partial charge on any atom is 0.0548 e. The molecule has 2 fully saturated rings. The second-order valence-corrected chi connectivity index (χ2v) is 9.70. The SMILES string of the molecule is Clc1cc(Br)c2c(c1)CCc1cc(Br)cnc1C21C2CCNCCC21. The fraction of sp³-hybridized carbons (Fsp3) is 0.450. The van der Waals surface area contributed by atoms with E-state index in [1.165, 1.54) is 35.2 Å². The van der Waals surface area contributed by atoms with E-state index in [2.05, 4.69) is 55.4 Å². The molecule has 0 amide bonds. The fourth-order valence-electron chi connectivity index (χ4n) is 5.48. The molecule has 130 valence electrons. The van der Waals surface area contributed by atoms with Gasteiger partial charge >= 0.3 is 0 Å². The van der Waals surface area contributed by atoms with E-state index in [4.69, 9.17) is 16.6 Å². The molecule has 2 unspecified atom stereocenters. The number of benzene rings is 1. The van der Waals surface area contributed by atoms with Crippen molar-refractivity contribution in [3.63, 3.8) is 0 Å². The first-order chi connectivity index (χ1) is 12.1. The number of rotatable bonds is 0. The van der Waals surface area contributed by atoms with Crippen LogP contribution in [-0.4, -0.2) is 18.1 Å². The third-order valence-corrected chi connectivity index (χ3v) is 7.63. The van der Waals surface area contributed by atoms with Crippen LogP contribution in [0.2, 0.25) is 5.02 Å². The van der Waals surface area contributed by atoms with Crippen molar-refractivity contribution in [2.75, 3.05) is 13.1 Å². The summed E-state index contributed by atoms with van der Waals surface area (Å²) in [5, 5.41) is 4.39. The highest BCUT2D eigenvalue weighted by molar-refractivity contribution is 9.10.